The van der Waals surface area contributed by atoms with Crippen LogP contribution in [0, 0.1) is 12.8 Å². The van der Waals surface area contributed by atoms with Gasteiger partial charge in [-0.25, -0.2) is 13.1 Å². The quantitative estimate of drug-likeness (QED) is 0.853. The summed E-state index contributed by atoms with van der Waals surface area (Å²) in [6, 6.07) is 1.71. The maximum atomic E-state index is 12.2. The highest BCUT2D eigenvalue weighted by atomic mass is 79.9. The van der Waals surface area contributed by atoms with E-state index in [1.165, 1.54) is 24.2 Å². The molecule has 1 aliphatic heterocycles. The molecule has 4 nitrogen and oxygen atoms in total. The second-order valence-corrected chi connectivity index (χ2v) is 9.81. The Labute approximate surface area is 133 Å². The molecular weight excluding hydrogens is 360 g/mol. The molecule has 0 spiro atoms. The first-order valence-electron chi connectivity index (χ1n) is 6.86. The molecule has 2 heterocycles. The lowest BCUT2D eigenvalue weighted by Crippen LogP contribution is -2.39. The molecule has 0 aliphatic carbocycles. The fourth-order valence-corrected chi connectivity index (χ4v) is 5.55. The minimum Gasteiger partial charge on any atom is -0.302 e. The Morgan fingerprint density at radius 1 is 1.45 bits per heavy atom. The van der Waals surface area contributed by atoms with Crippen LogP contribution in [0.15, 0.2) is 14.1 Å². The van der Waals surface area contributed by atoms with Crippen molar-refractivity contribution in [2.24, 2.45) is 5.92 Å². The standard InChI is InChI=1S/C13H21BrN2O2S2/c1-10-3-6-16(7-4-10)8-5-15-20(17,18)12-9-11(2)13(14)19-12/h9-10,15H,3-8H2,1-2H3. The highest BCUT2D eigenvalue weighted by Gasteiger charge is 2.19. The first kappa shape index (κ1) is 16.4. The fraction of sp³-hybridized carbons (Fsp3) is 0.692. The molecule has 2 rings (SSSR count). The summed E-state index contributed by atoms with van der Waals surface area (Å²) in [5.41, 5.74) is 0.959. The van der Waals surface area contributed by atoms with E-state index in [1.54, 1.807) is 6.07 Å². The Hall–Kier alpha value is 0.0500. The Morgan fingerprint density at radius 2 is 2.10 bits per heavy atom. The Balaban J connectivity index is 1.84. The van der Waals surface area contributed by atoms with E-state index in [2.05, 4.69) is 32.5 Å². The molecule has 0 aromatic carbocycles. The van der Waals surface area contributed by atoms with Crippen molar-refractivity contribution in [3.63, 3.8) is 0 Å². The maximum absolute atomic E-state index is 12.2. The molecule has 20 heavy (non-hydrogen) atoms. The van der Waals surface area contributed by atoms with E-state index in [4.69, 9.17) is 0 Å². The molecule has 0 bridgehead atoms. The Morgan fingerprint density at radius 3 is 2.65 bits per heavy atom. The van der Waals surface area contributed by atoms with Crippen molar-refractivity contribution >= 4 is 37.3 Å². The predicted octanol–water partition coefficient (Wildman–Crippen LogP) is 2.83. The summed E-state index contributed by atoms with van der Waals surface area (Å²) in [6.45, 7) is 7.59. The smallest absolute Gasteiger partial charge is 0.250 e. The van der Waals surface area contributed by atoms with E-state index in [9.17, 15) is 8.42 Å². The number of nitrogens with one attached hydrogen (secondary N) is 1. The summed E-state index contributed by atoms with van der Waals surface area (Å²) >= 11 is 4.62. The van der Waals surface area contributed by atoms with Crippen molar-refractivity contribution in [2.75, 3.05) is 26.2 Å². The van der Waals surface area contributed by atoms with Gasteiger partial charge in [-0.2, -0.15) is 0 Å². The van der Waals surface area contributed by atoms with Gasteiger partial charge in [0.25, 0.3) is 0 Å². The second-order valence-electron chi connectivity index (χ2n) is 5.44. The average Bonchev–Trinajstić information content (AvgIpc) is 2.73. The molecule has 7 heteroatoms. The second kappa shape index (κ2) is 6.87. The number of thiophene rings is 1. The van der Waals surface area contributed by atoms with Crippen LogP contribution in [-0.4, -0.2) is 39.5 Å². The van der Waals surface area contributed by atoms with Gasteiger partial charge in [-0.3, -0.25) is 0 Å². The highest BCUT2D eigenvalue weighted by molar-refractivity contribution is 9.11. The Kier molecular flexibility index (Phi) is 5.64. The van der Waals surface area contributed by atoms with E-state index < -0.39 is 10.0 Å². The molecular formula is C13H21BrN2O2S2. The van der Waals surface area contributed by atoms with Crippen molar-refractivity contribution in [1.82, 2.24) is 9.62 Å². The van der Waals surface area contributed by atoms with Gasteiger partial charge in [0.15, 0.2) is 0 Å². The number of piperidine rings is 1. The predicted molar refractivity (Wildman–Crippen MR) is 86.8 cm³/mol. The average molecular weight is 381 g/mol. The number of hydrogen-bond acceptors (Lipinski definition) is 4. The van der Waals surface area contributed by atoms with Crippen LogP contribution in [0.1, 0.15) is 25.3 Å². The SMILES string of the molecule is Cc1cc(S(=O)(=O)NCCN2CCC(C)CC2)sc1Br. The van der Waals surface area contributed by atoms with Crippen LogP contribution < -0.4 is 4.72 Å². The van der Waals surface area contributed by atoms with Crippen molar-refractivity contribution in [1.29, 1.82) is 0 Å². The molecule has 1 aliphatic rings. The van der Waals surface area contributed by atoms with Gasteiger partial charge in [-0.15, -0.1) is 11.3 Å². The van der Waals surface area contributed by atoms with Crippen LogP contribution in [0.25, 0.3) is 0 Å². The zero-order valence-corrected chi connectivity index (χ0v) is 15.1. The third kappa shape index (κ3) is 4.27. The molecule has 1 saturated heterocycles. The minimum absolute atomic E-state index is 0.383. The highest BCUT2D eigenvalue weighted by Crippen LogP contribution is 2.30. The first-order valence-corrected chi connectivity index (χ1v) is 9.95. The first-order chi connectivity index (χ1) is 9.38. The number of sulfonamides is 1. The molecule has 114 valence electrons. The zero-order chi connectivity index (χ0) is 14.8. The number of likely N-dealkylation sites (tertiary alicyclic amines) is 1. The molecule has 1 aromatic rings. The van der Waals surface area contributed by atoms with Crippen molar-refractivity contribution in [3.05, 3.63) is 15.4 Å². The van der Waals surface area contributed by atoms with Crippen molar-refractivity contribution < 1.29 is 8.42 Å². The lowest BCUT2D eigenvalue weighted by molar-refractivity contribution is 0.195. The minimum atomic E-state index is -3.36. The zero-order valence-electron chi connectivity index (χ0n) is 11.9. The van der Waals surface area contributed by atoms with Crippen LogP contribution in [0.4, 0.5) is 0 Å². The lowest BCUT2D eigenvalue weighted by atomic mass is 9.99. The summed E-state index contributed by atoms with van der Waals surface area (Å²) in [5, 5.41) is 0. The molecule has 0 saturated carbocycles. The summed E-state index contributed by atoms with van der Waals surface area (Å²) in [7, 11) is -3.36. The topological polar surface area (TPSA) is 49.4 Å². The number of aryl methyl sites for hydroxylation is 1. The van der Waals surface area contributed by atoms with E-state index in [-0.39, 0.29) is 0 Å². The van der Waals surface area contributed by atoms with Gasteiger partial charge in [0.05, 0.1) is 3.79 Å². The summed E-state index contributed by atoms with van der Waals surface area (Å²) in [4.78, 5) is 2.33. The number of rotatable bonds is 5. The van der Waals surface area contributed by atoms with Gasteiger partial charge in [0.1, 0.15) is 4.21 Å². The van der Waals surface area contributed by atoms with Gasteiger partial charge in [-0.1, -0.05) is 6.92 Å². The van der Waals surface area contributed by atoms with Gasteiger partial charge in [0.2, 0.25) is 10.0 Å². The van der Waals surface area contributed by atoms with E-state index >= 15 is 0 Å². The van der Waals surface area contributed by atoms with E-state index in [0.29, 0.717) is 10.8 Å². The van der Waals surface area contributed by atoms with E-state index in [1.807, 2.05) is 6.92 Å². The number of nitrogens with zero attached hydrogens (tertiary/aromatic N) is 1. The van der Waals surface area contributed by atoms with E-state index in [0.717, 1.165) is 34.9 Å². The third-order valence-electron chi connectivity index (χ3n) is 3.70. The number of halogens is 1. The third-order valence-corrected chi connectivity index (χ3v) is 7.77. The van der Waals surface area contributed by atoms with Gasteiger partial charge < -0.3 is 4.90 Å². The van der Waals surface area contributed by atoms with Crippen LogP contribution in [0.3, 0.4) is 0 Å². The normalized spacial score (nSPS) is 18.6. The summed E-state index contributed by atoms with van der Waals surface area (Å²) < 4.78 is 28.3. The Bertz CT molecular complexity index is 529. The molecule has 1 fully saturated rings. The molecule has 0 amide bonds. The maximum Gasteiger partial charge on any atom is 0.250 e. The lowest BCUT2D eigenvalue weighted by Gasteiger charge is -2.30. The summed E-state index contributed by atoms with van der Waals surface area (Å²) in [5.74, 6) is 0.800. The van der Waals surface area contributed by atoms with Crippen LogP contribution in [-0.2, 0) is 10.0 Å². The fourth-order valence-electron chi connectivity index (χ4n) is 2.26. The van der Waals surface area contributed by atoms with Crippen LogP contribution >= 0.6 is 27.3 Å². The van der Waals surface area contributed by atoms with Crippen LogP contribution in [0.5, 0.6) is 0 Å². The van der Waals surface area contributed by atoms with Crippen molar-refractivity contribution in [3.8, 4) is 0 Å². The number of hydrogen-bond donors (Lipinski definition) is 1. The molecule has 0 radical (unpaired) electrons. The van der Waals surface area contributed by atoms with Gasteiger partial charge >= 0.3 is 0 Å². The van der Waals surface area contributed by atoms with Crippen LogP contribution in [0.2, 0.25) is 0 Å². The largest absolute Gasteiger partial charge is 0.302 e. The molecule has 1 N–H and O–H groups in total. The van der Waals surface area contributed by atoms with Gasteiger partial charge in [-0.05, 0) is 66.3 Å². The summed E-state index contributed by atoms with van der Waals surface area (Å²) in [6.07, 6.45) is 2.42. The molecule has 1 aromatic heterocycles. The molecule has 0 atom stereocenters. The van der Waals surface area contributed by atoms with Gasteiger partial charge in [0, 0.05) is 13.1 Å². The van der Waals surface area contributed by atoms with Crippen molar-refractivity contribution in [2.45, 2.75) is 30.9 Å². The monoisotopic (exact) mass is 380 g/mol. The molecule has 0 unspecified atom stereocenters.